The second kappa shape index (κ2) is 10.8. The third-order valence-electron chi connectivity index (χ3n) is 5.01. The zero-order valence-electron chi connectivity index (χ0n) is 18.5. The molecule has 0 unspecified atom stereocenters. The summed E-state index contributed by atoms with van der Waals surface area (Å²) in [5, 5.41) is 2.27. The van der Waals surface area contributed by atoms with Gasteiger partial charge in [-0.25, -0.2) is 9.59 Å². The van der Waals surface area contributed by atoms with Crippen molar-refractivity contribution in [2.75, 3.05) is 11.9 Å². The van der Waals surface area contributed by atoms with Crippen LogP contribution < -0.4 is 16.7 Å². The van der Waals surface area contributed by atoms with Crippen molar-refractivity contribution in [1.82, 2.24) is 9.55 Å². The number of hydrogen-bond donors (Lipinski definition) is 2. The number of rotatable bonds is 9. The van der Waals surface area contributed by atoms with Gasteiger partial charge in [0.2, 0.25) is 6.23 Å². The van der Waals surface area contributed by atoms with Crippen LogP contribution in [0.4, 0.5) is 19.4 Å². The van der Waals surface area contributed by atoms with E-state index < -0.39 is 48.2 Å². The van der Waals surface area contributed by atoms with E-state index in [-0.39, 0.29) is 18.3 Å². The average Bonchev–Trinajstić information content (AvgIpc) is 2.93. The number of ether oxygens (including phenoxy) is 3. The van der Waals surface area contributed by atoms with Crippen LogP contribution in [0.15, 0.2) is 17.1 Å². The first-order valence-corrected chi connectivity index (χ1v) is 10.5. The standard InChI is InChI=1S/C20H30F2N4O6/c1-5-6-7-10-30-19(29)25-13-8-9-26(18(28)24-13)17-20(21,22)15(12(4)31-17)32-16(27)14(23)11(2)3/h8-9,11-12,14-15,17H,5-7,10,23H2,1-4H3,(H,24,25,28,29)/t12-,14+,15-,17-/m1/s1. The number of hydrogen-bond acceptors (Lipinski definition) is 8. The van der Waals surface area contributed by atoms with Crippen LogP contribution in [-0.2, 0) is 19.0 Å². The van der Waals surface area contributed by atoms with Gasteiger partial charge in [0, 0.05) is 6.20 Å². The Morgan fingerprint density at radius 1 is 1.38 bits per heavy atom. The molecule has 1 aromatic rings. The van der Waals surface area contributed by atoms with E-state index in [0.29, 0.717) is 11.0 Å². The number of aromatic nitrogens is 2. The van der Waals surface area contributed by atoms with E-state index >= 15 is 8.78 Å². The number of halogens is 2. The minimum Gasteiger partial charge on any atom is -0.452 e. The van der Waals surface area contributed by atoms with E-state index in [1.165, 1.54) is 6.92 Å². The minimum absolute atomic E-state index is 0.160. The quantitative estimate of drug-likeness (QED) is 0.424. The summed E-state index contributed by atoms with van der Waals surface area (Å²) in [5.74, 6) is -5.19. The molecule has 180 valence electrons. The molecule has 1 aliphatic rings. The van der Waals surface area contributed by atoms with E-state index in [4.69, 9.17) is 19.9 Å². The van der Waals surface area contributed by atoms with E-state index in [9.17, 15) is 14.4 Å². The van der Waals surface area contributed by atoms with Gasteiger partial charge in [-0.3, -0.25) is 14.7 Å². The molecular weight excluding hydrogens is 430 g/mol. The van der Waals surface area contributed by atoms with Gasteiger partial charge in [0.15, 0.2) is 6.10 Å². The first kappa shape index (κ1) is 25.7. The highest BCUT2D eigenvalue weighted by Crippen LogP contribution is 2.43. The molecule has 4 atom stereocenters. The first-order chi connectivity index (χ1) is 15.0. The Morgan fingerprint density at radius 3 is 2.66 bits per heavy atom. The van der Waals surface area contributed by atoms with Crippen molar-refractivity contribution >= 4 is 17.9 Å². The lowest BCUT2D eigenvalue weighted by molar-refractivity contribution is -0.178. The van der Waals surface area contributed by atoms with E-state index in [1.807, 2.05) is 6.92 Å². The largest absolute Gasteiger partial charge is 0.452 e. The molecule has 1 fully saturated rings. The molecular formula is C20H30F2N4O6. The molecule has 1 amide bonds. The number of anilines is 1. The van der Waals surface area contributed by atoms with Crippen LogP contribution in [-0.4, -0.2) is 52.4 Å². The van der Waals surface area contributed by atoms with Crippen LogP contribution in [0.2, 0.25) is 0 Å². The fourth-order valence-electron chi connectivity index (χ4n) is 3.04. The van der Waals surface area contributed by atoms with Crippen LogP contribution in [0, 0.1) is 5.92 Å². The van der Waals surface area contributed by atoms with Gasteiger partial charge in [-0.1, -0.05) is 33.6 Å². The summed E-state index contributed by atoms with van der Waals surface area (Å²) in [6.07, 6.45) is -2.45. The molecule has 3 N–H and O–H groups in total. The third-order valence-corrected chi connectivity index (χ3v) is 5.01. The maximum Gasteiger partial charge on any atom is 0.412 e. The molecule has 0 bridgehead atoms. The van der Waals surface area contributed by atoms with E-state index in [0.717, 1.165) is 25.1 Å². The van der Waals surface area contributed by atoms with Crippen molar-refractivity contribution < 1.29 is 32.6 Å². The van der Waals surface area contributed by atoms with E-state index in [1.54, 1.807) is 13.8 Å². The van der Waals surface area contributed by atoms with Crippen molar-refractivity contribution in [3.8, 4) is 0 Å². The van der Waals surface area contributed by atoms with Gasteiger partial charge < -0.3 is 19.9 Å². The molecule has 12 heteroatoms. The summed E-state index contributed by atoms with van der Waals surface area (Å²) in [6.45, 7) is 6.82. The highest BCUT2D eigenvalue weighted by molar-refractivity contribution is 5.83. The third kappa shape index (κ3) is 6.00. The number of carbonyl (C=O) groups excluding carboxylic acids is 2. The maximum atomic E-state index is 15.0. The first-order valence-electron chi connectivity index (χ1n) is 10.5. The summed E-state index contributed by atoms with van der Waals surface area (Å²) in [4.78, 5) is 39.7. The lowest BCUT2D eigenvalue weighted by Crippen LogP contribution is -2.47. The number of nitrogens with one attached hydrogen (secondary N) is 1. The number of nitrogens with zero attached hydrogens (tertiary/aromatic N) is 2. The molecule has 1 aromatic heterocycles. The zero-order chi connectivity index (χ0) is 24.1. The van der Waals surface area contributed by atoms with Crippen LogP contribution in [0.5, 0.6) is 0 Å². The normalized spacial score (nSPS) is 23.1. The number of alkyl halides is 2. The lowest BCUT2D eigenvalue weighted by Gasteiger charge is -2.25. The second-order valence-corrected chi connectivity index (χ2v) is 7.97. The molecule has 1 saturated heterocycles. The summed E-state index contributed by atoms with van der Waals surface area (Å²) in [6, 6.07) is 0.0841. The molecule has 1 aliphatic heterocycles. The smallest absolute Gasteiger partial charge is 0.412 e. The SMILES string of the molecule is CCCCCOC(=O)Nc1ccn([C@@H]2O[C@H](C)[C@@H](OC(=O)[C@@H](N)C(C)C)C2(F)F)c(=O)n1. The van der Waals surface area contributed by atoms with Gasteiger partial charge in [-0.05, 0) is 25.3 Å². The molecule has 0 spiro atoms. The predicted molar refractivity (Wildman–Crippen MR) is 110 cm³/mol. The molecule has 0 saturated carbocycles. The van der Waals surface area contributed by atoms with Gasteiger partial charge in [-0.2, -0.15) is 13.8 Å². The van der Waals surface area contributed by atoms with Crippen LogP contribution >= 0.6 is 0 Å². The Kier molecular flexibility index (Phi) is 8.67. The molecule has 0 radical (unpaired) electrons. The molecule has 2 rings (SSSR count). The maximum absolute atomic E-state index is 15.0. The zero-order valence-corrected chi connectivity index (χ0v) is 18.5. The monoisotopic (exact) mass is 460 g/mol. The number of nitrogens with two attached hydrogens (primary N) is 1. The Morgan fingerprint density at radius 2 is 2.06 bits per heavy atom. The Hall–Kier alpha value is -2.60. The molecule has 32 heavy (non-hydrogen) atoms. The minimum atomic E-state index is -3.73. The Balaban J connectivity index is 2.10. The summed E-state index contributed by atoms with van der Waals surface area (Å²) >= 11 is 0. The van der Waals surface area contributed by atoms with Crippen molar-refractivity contribution in [3.05, 3.63) is 22.7 Å². The number of carbonyl (C=O) groups is 2. The van der Waals surface area contributed by atoms with Gasteiger partial charge in [0.1, 0.15) is 18.0 Å². The van der Waals surface area contributed by atoms with Crippen LogP contribution in [0.1, 0.15) is 53.2 Å². The highest BCUT2D eigenvalue weighted by Gasteiger charge is 2.61. The second-order valence-electron chi connectivity index (χ2n) is 7.97. The summed E-state index contributed by atoms with van der Waals surface area (Å²) < 4.78 is 45.7. The van der Waals surface area contributed by atoms with Crippen molar-refractivity contribution in [2.24, 2.45) is 11.7 Å². The van der Waals surface area contributed by atoms with Crippen LogP contribution in [0.3, 0.4) is 0 Å². The molecule has 0 aromatic carbocycles. The number of esters is 1. The molecule has 2 heterocycles. The average molecular weight is 460 g/mol. The number of amides is 1. The van der Waals surface area contributed by atoms with Gasteiger partial charge in [0.05, 0.1) is 6.61 Å². The fourth-order valence-corrected chi connectivity index (χ4v) is 3.04. The molecule has 10 nitrogen and oxygen atoms in total. The topological polar surface area (TPSA) is 135 Å². The lowest BCUT2D eigenvalue weighted by atomic mass is 10.1. The Bertz CT molecular complexity index is 863. The highest BCUT2D eigenvalue weighted by atomic mass is 19.3. The Labute approximate surface area is 184 Å². The van der Waals surface area contributed by atoms with Crippen LogP contribution in [0.25, 0.3) is 0 Å². The van der Waals surface area contributed by atoms with Gasteiger partial charge in [-0.15, -0.1) is 0 Å². The predicted octanol–water partition coefficient (Wildman–Crippen LogP) is 2.43. The van der Waals surface area contributed by atoms with Gasteiger partial charge >= 0.3 is 23.7 Å². The van der Waals surface area contributed by atoms with Crippen molar-refractivity contribution in [2.45, 2.75) is 77.4 Å². The fraction of sp³-hybridized carbons (Fsp3) is 0.700. The summed E-state index contributed by atoms with van der Waals surface area (Å²) in [7, 11) is 0. The van der Waals surface area contributed by atoms with Crippen molar-refractivity contribution in [3.63, 3.8) is 0 Å². The van der Waals surface area contributed by atoms with Crippen molar-refractivity contribution in [1.29, 1.82) is 0 Å². The summed E-state index contributed by atoms with van der Waals surface area (Å²) in [5.41, 5.74) is 4.59. The molecule has 0 aliphatic carbocycles. The number of unbranched alkanes of at least 4 members (excludes halogenated alkanes) is 2. The van der Waals surface area contributed by atoms with E-state index in [2.05, 4.69) is 10.3 Å². The van der Waals surface area contributed by atoms with Gasteiger partial charge in [0.25, 0.3) is 0 Å².